The number of nitrogens with zero attached hydrogens (tertiary/aromatic N) is 4. The van der Waals surface area contributed by atoms with Gasteiger partial charge in [0.1, 0.15) is 11.6 Å². The van der Waals surface area contributed by atoms with Gasteiger partial charge in [-0.25, -0.2) is 9.97 Å². The second-order valence-corrected chi connectivity index (χ2v) is 5.66. The number of aryl methyl sites for hydroxylation is 1. The van der Waals surface area contributed by atoms with Crippen LogP contribution >= 0.6 is 0 Å². The maximum absolute atomic E-state index is 12.2. The molecule has 4 aromatic rings. The molecule has 0 saturated carbocycles. The molecule has 4 rings (SSSR count). The molecule has 0 aliphatic heterocycles. The van der Waals surface area contributed by atoms with Crippen LogP contribution in [0.5, 0.6) is 0 Å². The van der Waals surface area contributed by atoms with E-state index in [4.69, 9.17) is 0 Å². The van der Waals surface area contributed by atoms with E-state index in [0.717, 1.165) is 22.7 Å². The van der Waals surface area contributed by atoms with Crippen LogP contribution in [0.1, 0.15) is 17.1 Å². The fraction of sp³-hybridized carbons (Fsp3) is 0.176. The highest BCUT2D eigenvalue weighted by Gasteiger charge is 2.10. The predicted molar refractivity (Wildman–Crippen MR) is 92.2 cm³/mol. The van der Waals surface area contributed by atoms with Crippen molar-refractivity contribution in [2.24, 2.45) is 0 Å². The average molecular weight is 320 g/mol. The molecule has 7 heteroatoms. The van der Waals surface area contributed by atoms with Gasteiger partial charge in [-0.05, 0) is 26.0 Å². The Bertz CT molecular complexity index is 1110. The zero-order chi connectivity index (χ0) is 16.7. The summed E-state index contributed by atoms with van der Waals surface area (Å²) in [5, 5.41) is 8.21. The van der Waals surface area contributed by atoms with Gasteiger partial charge in [-0.1, -0.05) is 12.1 Å². The van der Waals surface area contributed by atoms with E-state index in [1.165, 1.54) is 0 Å². The Hall–Kier alpha value is -3.22. The van der Waals surface area contributed by atoms with E-state index in [-0.39, 0.29) is 5.56 Å². The predicted octanol–water partition coefficient (Wildman–Crippen LogP) is 2.19. The molecular weight excluding hydrogens is 304 g/mol. The molecule has 7 nitrogen and oxygen atoms in total. The zero-order valence-corrected chi connectivity index (χ0v) is 13.4. The standard InChI is InChI=1S/C17H16N6O/c1-10-11(2)20-15-7-8-19-23(15)16(10)18-9-14-21-13-6-4-3-5-12(13)17(24)22-14/h3-8,18H,9H2,1-2H3,(H,21,22,24). The van der Waals surface area contributed by atoms with Crippen LogP contribution in [0, 0.1) is 13.8 Å². The zero-order valence-electron chi connectivity index (χ0n) is 13.4. The molecule has 120 valence electrons. The Morgan fingerprint density at radius 1 is 1.17 bits per heavy atom. The van der Waals surface area contributed by atoms with Crippen LogP contribution in [0.3, 0.4) is 0 Å². The fourth-order valence-electron chi connectivity index (χ4n) is 2.73. The van der Waals surface area contributed by atoms with Gasteiger partial charge in [0.25, 0.3) is 5.56 Å². The van der Waals surface area contributed by atoms with Crippen molar-refractivity contribution < 1.29 is 0 Å². The van der Waals surface area contributed by atoms with Crippen LogP contribution in [-0.2, 0) is 6.54 Å². The van der Waals surface area contributed by atoms with Crippen molar-refractivity contribution in [2.45, 2.75) is 20.4 Å². The topological polar surface area (TPSA) is 88.0 Å². The second kappa shape index (κ2) is 5.45. The van der Waals surface area contributed by atoms with E-state index in [1.54, 1.807) is 16.8 Å². The van der Waals surface area contributed by atoms with Gasteiger partial charge < -0.3 is 10.3 Å². The fourth-order valence-corrected chi connectivity index (χ4v) is 2.73. The van der Waals surface area contributed by atoms with Crippen molar-refractivity contribution in [3.63, 3.8) is 0 Å². The summed E-state index contributed by atoms with van der Waals surface area (Å²) in [6.45, 7) is 4.34. The number of anilines is 1. The third-order valence-electron chi connectivity index (χ3n) is 4.10. The minimum Gasteiger partial charge on any atom is -0.362 e. The smallest absolute Gasteiger partial charge is 0.258 e. The highest BCUT2D eigenvalue weighted by molar-refractivity contribution is 5.77. The van der Waals surface area contributed by atoms with Crippen LogP contribution in [0.2, 0.25) is 0 Å². The van der Waals surface area contributed by atoms with Gasteiger partial charge in [-0.3, -0.25) is 4.79 Å². The number of nitrogens with one attached hydrogen (secondary N) is 2. The van der Waals surface area contributed by atoms with Crippen molar-refractivity contribution in [3.05, 3.63) is 64.0 Å². The molecule has 0 saturated heterocycles. The summed E-state index contributed by atoms with van der Waals surface area (Å²) in [5.74, 6) is 1.42. The third-order valence-corrected chi connectivity index (χ3v) is 4.10. The first kappa shape index (κ1) is 14.4. The number of hydrogen-bond donors (Lipinski definition) is 2. The number of aromatic amines is 1. The number of hydrogen-bond acceptors (Lipinski definition) is 5. The van der Waals surface area contributed by atoms with E-state index in [2.05, 4.69) is 25.4 Å². The lowest BCUT2D eigenvalue weighted by molar-refractivity contribution is 0.880. The van der Waals surface area contributed by atoms with E-state index in [1.807, 2.05) is 38.1 Å². The lowest BCUT2D eigenvalue weighted by Crippen LogP contribution is -2.16. The van der Waals surface area contributed by atoms with E-state index < -0.39 is 0 Å². The minimum absolute atomic E-state index is 0.135. The molecule has 3 aromatic heterocycles. The van der Waals surface area contributed by atoms with Crippen molar-refractivity contribution in [3.8, 4) is 0 Å². The maximum atomic E-state index is 12.2. The summed E-state index contributed by atoms with van der Waals surface area (Å²) >= 11 is 0. The molecule has 0 spiro atoms. The molecule has 0 aliphatic rings. The van der Waals surface area contributed by atoms with Gasteiger partial charge in [-0.2, -0.15) is 9.61 Å². The molecular formula is C17H16N6O. The third kappa shape index (κ3) is 2.30. The van der Waals surface area contributed by atoms with Crippen LogP contribution < -0.4 is 10.9 Å². The van der Waals surface area contributed by atoms with Crippen LogP contribution in [0.25, 0.3) is 16.6 Å². The molecule has 0 aliphatic carbocycles. The van der Waals surface area contributed by atoms with Crippen LogP contribution in [0.4, 0.5) is 5.82 Å². The molecule has 24 heavy (non-hydrogen) atoms. The molecule has 0 bridgehead atoms. The highest BCUT2D eigenvalue weighted by Crippen LogP contribution is 2.19. The summed E-state index contributed by atoms with van der Waals surface area (Å²) in [4.78, 5) is 24.0. The van der Waals surface area contributed by atoms with Crippen molar-refractivity contribution >= 4 is 22.4 Å². The summed E-state index contributed by atoms with van der Waals surface area (Å²) in [6, 6.07) is 9.15. The van der Waals surface area contributed by atoms with Crippen LogP contribution in [-0.4, -0.2) is 24.6 Å². The number of aromatic nitrogens is 5. The lowest BCUT2D eigenvalue weighted by Gasteiger charge is -2.13. The Morgan fingerprint density at radius 3 is 2.88 bits per heavy atom. The number of para-hydroxylation sites is 1. The SMILES string of the molecule is Cc1nc2ccnn2c(NCc2nc3ccccc3c(=O)[nH]2)c1C. The molecule has 0 amide bonds. The van der Waals surface area contributed by atoms with Crippen molar-refractivity contribution in [1.82, 2.24) is 24.6 Å². The average Bonchev–Trinajstić information content (AvgIpc) is 3.03. The Morgan fingerprint density at radius 2 is 2.00 bits per heavy atom. The first-order valence-electron chi connectivity index (χ1n) is 7.66. The summed E-state index contributed by atoms with van der Waals surface area (Å²) < 4.78 is 1.75. The molecule has 0 fully saturated rings. The molecule has 1 aromatic carbocycles. The normalized spacial score (nSPS) is 11.2. The number of fused-ring (bicyclic) bond motifs is 2. The Kier molecular flexibility index (Phi) is 3.26. The van der Waals surface area contributed by atoms with Crippen molar-refractivity contribution in [2.75, 3.05) is 5.32 Å². The maximum Gasteiger partial charge on any atom is 0.258 e. The largest absolute Gasteiger partial charge is 0.362 e. The highest BCUT2D eigenvalue weighted by atomic mass is 16.1. The van der Waals surface area contributed by atoms with Crippen LogP contribution in [0.15, 0.2) is 41.3 Å². The van der Waals surface area contributed by atoms with Gasteiger partial charge in [0.15, 0.2) is 5.65 Å². The van der Waals surface area contributed by atoms with Gasteiger partial charge in [0, 0.05) is 17.3 Å². The Balaban J connectivity index is 1.72. The quantitative estimate of drug-likeness (QED) is 0.604. The van der Waals surface area contributed by atoms with E-state index >= 15 is 0 Å². The number of rotatable bonds is 3. The van der Waals surface area contributed by atoms with Gasteiger partial charge in [0.05, 0.1) is 23.6 Å². The second-order valence-electron chi connectivity index (χ2n) is 5.66. The molecule has 0 unspecified atom stereocenters. The first-order valence-corrected chi connectivity index (χ1v) is 7.66. The van der Waals surface area contributed by atoms with Gasteiger partial charge >= 0.3 is 0 Å². The monoisotopic (exact) mass is 320 g/mol. The summed E-state index contributed by atoms with van der Waals surface area (Å²) in [6.07, 6.45) is 1.71. The van der Waals surface area contributed by atoms with Gasteiger partial charge in [0.2, 0.25) is 0 Å². The number of H-pyrrole nitrogens is 1. The molecule has 3 heterocycles. The minimum atomic E-state index is -0.135. The van der Waals surface area contributed by atoms with Crippen molar-refractivity contribution in [1.29, 1.82) is 0 Å². The molecule has 0 atom stereocenters. The van der Waals surface area contributed by atoms with Gasteiger partial charge in [-0.15, -0.1) is 0 Å². The lowest BCUT2D eigenvalue weighted by atomic mass is 10.2. The Labute approximate surface area is 137 Å². The summed E-state index contributed by atoms with van der Waals surface area (Å²) in [7, 11) is 0. The molecule has 2 N–H and O–H groups in total. The van der Waals surface area contributed by atoms with E-state index in [9.17, 15) is 4.79 Å². The summed E-state index contributed by atoms with van der Waals surface area (Å²) in [5.41, 5.74) is 3.27. The molecule has 0 radical (unpaired) electrons. The van der Waals surface area contributed by atoms with E-state index in [0.29, 0.717) is 23.3 Å². The first-order chi connectivity index (χ1) is 11.6. The number of benzene rings is 1.